The molecule has 2 aromatic rings. The number of hydrogen-bond acceptors (Lipinski definition) is 6. The van der Waals surface area contributed by atoms with E-state index in [2.05, 4.69) is 4.98 Å². The standard InChI is InChI=1S/C24H27NO5/c1-3-29-24(28)21-14(2)18-9-4-5-10-19(18)25-20(21)13-30-23(27)17-11-15-7-6-8-16(12-17)22(15)26/h4-5,9-10,15-17H,3,6-8,11-13H2,1-2H3/t15-,16+,17?. The zero-order valence-corrected chi connectivity index (χ0v) is 17.5. The molecule has 2 aliphatic carbocycles. The Labute approximate surface area is 176 Å². The van der Waals surface area contributed by atoms with E-state index in [-0.39, 0.29) is 36.9 Å². The van der Waals surface area contributed by atoms with Crippen molar-refractivity contribution >= 4 is 28.6 Å². The number of hydrogen-bond donors (Lipinski definition) is 0. The number of aryl methyl sites for hydroxylation is 1. The van der Waals surface area contributed by atoms with Crippen LogP contribution in [0.15, 0.2) is 24.3 Å². The number of pyridine rings is 1. The van der Waals surface area contributed by atoms with E-state index >= 15 is 0 Å². The number of fused-ring (bicyclic) bond motifs is 3. The lowest BCUT2D eigenvalue weighted by Gasteiger charge is -2.36. The lowest BCUT2D eigenvalue weighted by atomic mass is 9.67. The summed E-state index contributed by atoms with van der Waals surface area (Å²) >= 11 is 0. The Morgan fingerprint density at radius 1 is 1.10 bits per heavy atom. The third-order valence-corrected chi connectivity index (χ3v) is 6.44. The van der Waals surface area contributed by atoms with Gasteiger partial charge >= 0.3 is 11.9 Å². The van der Waals surface area contributed by atoms with Crippen LogP contribution < -0.4 is 0 Å². The molecule has 2 aliphatic rings. The molecule has 2 bridgehead atoms. The summed E-state index contributed by atoms with van der Waals surface area (Å²) in [6.07, 6.45) is 3.95. The summed E-state index contributed by atoms with van der Waals surface area (Å²) in [5.74, 6) is -0.719. The van der Waals surface area contributed by atoms with Gasteiger partial charge in [0.1, 0.15) is 12.4 Å². The second-order valence-electron chi connectivity index (χ2n) is 8.30. The number of carbonyl (C=O) groups excluding carboxylic acids is 3. The summed E-state index contributed by atoms with van der Waals surface area (Å²) in [4.78, 5) is 42.3. The van der Waals surface area contributed by atoms with Gasteiger partial charge in [-0.25, -0.2) is 9.78 Å². The number of ether oxygens (including phenoxy) is 2. The van der Waals surface area contributed by atoms with Crippen LogP contribution in [0.4, 0.5) is 0 Å². The van der Waals surface area contributed by atoms with Crippen LogP contribution in [0.25, 0.3) is 10.9 Å². The normalized spacial score (nSPS) is 23.3. The fraction of sp³-hybridized carbons (Fsp3) is 0.500. The van der Waals surface area contributed by atoms with Crippen molar-refractivity contribution in [2.75, 3.05) is 6.61 Å². The number of carbonyl (C=O) groups is 3. The first-order valence-electron chi connectivity index (χ1n) is 10.7. The minimum Gasteiger partial charge on any atom is -0.462 e. The van der Waals surface area contributed by atoms with Crippen molar-refractivity contribution < 1.29 is 23.9 Å². The molecule has 1 heterocycles. The summed E-state index contributed by atoms with van der Waals surface area (Å²) in [7, 11) is 0. The number of para-hydroxylation sites is 1. The van der Waals surface area contributed by atoms with Gasteiger partial charge in [0.05, 0.1) is 29.3 Å². The SMILES string of the molecule is CCOC(=O)c1c(COC(=O)C2C[C@H]3CCC[C@@H](C2)C3=O)nc2ccccc2c1C. The topological polar surface area (TPSA) is 82.6 Å². The molecular weight excluding hydrogens is 382 g/mol. The summed E-state index contributed by atoms with van der Waals surface area (Å²) in [5, 5.41) is 0.870. The highest BCUT2D eigenvalue weighted by molar-refractivity contribution is 5.98. The van der Waals surface area contributed by atoms with Gasteiger partial charge in [-0.2, -0.15) is 0 Å². The molecule has 30 heavy (non-hydrogen) atoms. The van der Waals surface area contributed by atoms with Gasteiger partial charge in [0.2, 0.25) is 0 Å². The Kier molecular flexibility index (Phi) is 5.84. The van der Waals surface area contributed by atoms with Gasteiger partial charge in [-0.3, -0.25) is 9.59 Å². The van der Waals surface area contributed by atoms with Gasteiger partial charge < -0.3 is 9.47 Å². The Balaban J connectivity index is 1.56. The molecule has 2 fully saturated rings. The van der Waals surface area contributed by atoms with E-state index in [4.69, 9.17) is 9.47 Å². The molecule has 3 atom stereocenters. The van der Waals surface area contributed by atoms with Gasteiger partial charge in [0.25, 0.3) is 0 Å². The van der Waals surface area contributed by atoms with Gasteiger partial charge in [0, 0.05) is 17.2 Å². The zero-order valence-electron chi connectivity index (χ0n) is 17.5. The van der Waals surface area contributed by atoms with E-state index in [1.54, 1.807) is 6.92 Å². The molecule has 6 heteroatoms. The first-order valence-corrected chi connectivity index (χ1v) is 10.7. The summed E-state index contributed by atoms with van der Waals surface area (Å²) in [5.41, 5.74) is 2.28. The van der Waals surface area contributed by atoms with Gasteiger partial charge in [0.15, 0.2) is 0 Å². The minimum atomic E-state index is -0.461. The second kappa shape index (κ2) is 8.54. The van der Waals surface area contributed by atoms with E-state index in [0.29, 0.717) is 29.9 Å². The molecule has 0 radical (unpaired) electrons. The van der Waals surface area contributed by atoms with Crippen LogP contribution in [-0.2, 0) is 25.7 Å². The molecule has 1 unspecified atom stereocenters. The molecular formula is C24H27NO5. The highest BCUT2D eigenvalue weighted by atomic mass is 16.5. The van der Waals surface area contributed by atoms with E-state index in [1.807, 2.05) is 31.2 Å². The maximum Gasteiger partial charge on any atom is 0.340 e. The summed E-state index contributed by atoms with van der Waals surface area (Å²) in [6.45, 7) is 3.78. The maximum absolute atomic E-state index is 12.8. The van der Waals surface area contributed by atoms with E-state index in [9.17, 15) is 14.4 Å². The molecule has 2 saturated carbocycles. The van der Waals surface area contributed by atoms with Crippen LogP contribution in [0.3, 0.4) is 0 Å². The lowest BCUT2D eigenvalue weighted by Crippen LogP contribution is -2.39. The molecule has 4 rings (SSSR count). The molecule has 1 aromatic heterocycles. The third kappa shape index (κ3) is 3.83. The average molecular weight is 409 g/mol. The van der Waals surface area contributed by atoms with E-state index in [0.717, 1.165) is 35.7 Å². The minimum absolute atomic E-state index is 0.00817. The van der Waals surface area contributed by atoms with E-state index < -0.39 is 5.97 Å². The van der Waals surface area contributed by atoms with Gasteiger partial charge in [-0.15, -0.1) is 0 Å². The molecule has 0 N–H and O–H groups in total. The summed E-state index contributed by atoms with van der Waals surface area (Å²) in [6, 6.07) is 7.56. The lowest BCUT2D eigenvalue weighted by molar-refractivity contribution is -0.154. The van der Waals surface area contributed by atoms with Crippen LogP contribution in [0.1, 0.15) is 60.6 Å². The van der Waals surface area contributed by atoms with Crippen LogP contribution in [0.2, 0.25) is 0 Å². The highest BCUT2D eigenvalue weighted by Crippen LogP contribution is 2.40. The third-order valence-electron chi connectivity index (χ3n) is 6.44. The number of benzene rings is 1. The van der Waals surface area contributed by atoms with Crippen molar-refractivity contribution in [2.24, 2.45) is 17.8 Å². The Hall–Kier alpha value is -2.76. The molecule has 0 spiro atoms. The monoisotopic (exact) mass is 409 g/mol. The molecule has 0 saturated heterocycles. The zero-order chi connectivity index (χ0) is 21.3. The van der Waals surface area contributed by atoms with Crippen LogP contribution >= 0.6 is 0 Å². The summed E-state index contributed by atoms with van der Waals surface area (Å²) < 4.78 is 10.8. The number of esters is 2. The van der Waals surface area contributed by atoms with Gasteiger partial charge in [-0.1, -0.05) is 24.6 Å². The first-order chi connectivity index (χ1) is 14.5. The van der Waals surface area contributed by atoms with Gasteiger partial charge in [-0.05, 0) is 51.2 Å². The van der Waals surface area contributed by atoms with Crippen molar-refractivity contribution in [2.45, 2.75) is 52.6 Å². The quantitative estimate of drug-likeness (QED) is 0.690. The number of rotatable bonds is 5. The van der Waals surface area contributed by atoms with Crippen molar-refractivity contribution in [3.05, 3.63) is 41.1 Å². The maximum atomic E-state index is 12.8. The number of ketones is 1. The predicted octanol–water partition coefficient (Wildman–Crippen LogP) is 4.16. The molecule has 158 valence electrons. The molecule has 0 aliphatic heterocycles. The Morgan fingerprint density at radius 3 is 2.50 bits per heavy atom. The smallest absolute Gasteiger partial charge is 0.340 e. The molecule has 6 nitrogen and oxygen atoms in total. The number of Topliss-reactive ketones (excluding diaryl/α,β-unsaturated/α-hetero) is 1. The molecule has 1 aromatic carbocycles. The fourth-order valence-corrected chi connectivity index (χ4v) is 4.95. The number of nitrogens with zero attached hydrogens (tertiary/aromatic N) is 1. The van der Waals surface area contributed by atoms with E-state index in [1.165, 1.54) is 0 Å². The second-order valence-corrected chi connectivity index (χ2v) is 8.30. The van der Waals surface area contributed by atoms with Crippen molar-refractivity contribution in [1.29, 1.82) is 0 Å². The first kappa shape index (κ1) is 20.5. The predicted molar refractivity (Wildman–Crippen MR) is 111 cm³/mol. The Bertz CT molecular complexity index is 982. The van der Waals surface area contributed by atoms with Crippen LogP contribution in [0, 0.1) is 24.7 Å². The van der Waals surface area contributed by atoms with Crippen LogP contribution in [0.5, 0.6) is 0 Å². The fourth-order valence-electron chi connectivity index (χ4n) is 4.95. The Morgan fingerprint density at radius 2 is 1.80 bits per heavy atom. The van der Waals surface area contributed by atoms with Crippen molar-refractivity contribution in [3.8, 4) is 0 Å². The number of aromatic nitrogens is 1. The average Bonchev–Trinajstić information content (AvgIpc) is 2.72. The van der Waals surface area contributed by atoms with Crippen molar-refractivity contribution in [3.63, 3.8) is 0 Å². The van der Waals surface area contributed by atoms with Crippen LogP contribution in [-0.4, -0.2) is 29.3 Å². The molecule has 0 amide bonds. The largest absolute Gasteiger partial charge is 0.462 e. The van der Waals surface area contributed by atoms with Crippen molar-refractivity contribution in [1.82, 2.24) is 4.98 Å². The highest BCUT2D eigenvalue weighted by Gasteiger charge is 2.41.